The van der Waals surface area contributed by atoms with Crippen molar-refractivity contribution < 1.29 is 18.7 Å². The van der Waals surface area contributed by atoms with Gasteiger partial charge in [0.15, 0.2) is 11.0 Å². The molecule has 2 aromatic carbocycles. The zero-order valence-electron chi connectivity index (χ0n) is 17.0. The SMILES string of the molecule is COc1ccc(OCCSc2nnc([C@@H](C)NC(=O)c3ccccc3F)n2C)cc1. The predicted molar refractivity (Wildman–Crippen MR) is 112 cm³/mol. The van der Waals surface area contributed by atoms with Crippen molar-refractivity contribution in [2.75, 3.05) is 19.5 Å². The van der Waals surface area contributed by atoms with E-state index >= 15 is 0 Å². The van der Waals surface area contributed by atoms with Gasteiger partial charge in [-0.1, -0.05) is 23.9 Å². The molecule has 0 saturated heterocycles. The van der Waals surface area contributed by atoms with E-state index in [1.807, 2.05) is 35.9 Å². The number of methoxy groups -OCH3 is 1. The summed E-state index contributed by atoms with van der Waals surface area (Å²) in [6, 6.07) is 12.8. The molecule has 30 heavy (non-hydrogen) atoms. The topological polar surface area (TPSA) is 78.3 Å². The van der Waals surface area contributed by atoms with Crippen molar-refractivity contribution in [2.24, 2.45) is 7.05 Å². The number of carbonyl (C=O) groups is 1. The van der Waals surface area contributed by atoms with E-state index in [-0.39, 0.29) is 5.56 Å². The number of thioether (sulfide) groups is 1. The minimum absolute atomic E-state index is 0.00297. The van der Waals surface area contributed by atoms with Gasteiger partial charge >= 0.3 is 0 Å². The third-order valence-electron chi connectivity index (χ3n) is 4.36. The van der Waals surface area contributed by atoms with E-state index in [2.05, 4.69) is 15.5 Å². The highest BCUT2D eigenvalue weighted by Gasteiger charge is 2.19. The third-order valence-corrected chi connectivity index (χ3v) is 5.35. The molecule has 1 atom stereocenters. The van der Waals surface area contributed by atoms with Gasteiger partial charge in [-0.3, -0.25) is 4.79 Å². The lowest BCUT2D eigenvalue weighted by molar-refractivity contribution is 0.0933. The van der Waals surface area contributed by atoms with Gasteiger partial charge in [0, 0.05) is 12.8 Å². The average Bonchev–Trinajstić information content (AvgIpc) is 3.12. The first-order valence-electron chi connectivity index (χ1n) is 9.34. The van der Waals surface area contributed by atoms with Crippen LogP contribution in [0.15, 0.2) is 53.7 Å². The molecule has 1 N–H and O–H groups in total. The van der Waals surface area contributed by atoms with E-state index in [0.717, 1.165) is 11.5 Å². The van der Waals surface area contributed by atoms with Gasteiger partial charge in [-0.25, -0.2) is 4.39 Å². The van der Waals surface area contributed by atoms with Gasteiger partial charge < -0.3 is 19.4 Å². The summed E-state index contributed by atoms with van der Waals surface area (Å²) in [4.78, 5) is 12.3. The fourth-order valence-corrected chi connectivity index (χ4v) is 3.51. The normalized spacial score (nSPS) is 11.7. The van der Waals surface area contributed by atoms with Gasteiger partial charge in [0.2, 0.25) is 0 Å². The number of rotatable bonds is 9. The molecule has 0 aliphatic carbocycles. The van der Waals surface area contributed by atoms with E-state index in [0.29, 0.717) is 23.3 Å². The summed E-state index contributed by atoms with van der Waals surface area (Å²) < 4.78 is 26.4. The van der Waals surface area contributed by atoms with Gasteiger partial charge in [0.1, 0.15) is 17.3 Å². The van der Waals surface area contributed by atoms with Crippen LogP contribution in [0.3, 0.4) is 0 Å². The lowest BCUT2D eigenvalue weighted by atomic mass is 10.2. The van der Waals surface area contributed by atoms with Crippen molar-refractivity contribution in [1.29, 1.82) is 0 Å². The quantitative estimate of drug-likeness (QED) is 0.413. The lowest BCUT2D eigenvalue weighted by Crippen LogP contribution is -2.29. The smallest absolute Gasteiger partial charge is 0.254 e. The Morgan fingerprint density at radius 2 is 1.87 bits per heavy atom. The molecule has 0 aliphatic rings. The summed E-state index contributed by atoms with van der Waals surface area (Å²) in [7, 11) is 3.45. The summed E-state index contributed by atoms with van der Waals surface area (Å²) >= 11 is 1.50. The Kier molecular flexibility index (Phi) is 7.29. The van der Waals surface area contributed by atoms with Crippen LogP contribution in [0.1, 0.15) is 29.1 Å². The van der Waals surface area contributed by atoms with Crippen LogP contribution in [0, 0.1) is 5.82 Å². The number of nitrogens with zero attached hydrogens (tertiary/aromatic N) is 3. The maximum Gasteiger partial charge on any atom is 0.254 e. The van der Waals surface area contributed by atoms with Crippen molar-refractivity contribution in [3.05, 3.63) is 65.7 Å². The number of amides is 1. The second kappa shape index (κ2) is 10.1. The Balaban J connectivity index is 1.52. The summed E-state index contributed by atoms with van der Waals surface area (Å²) in [5.41, 5.74) is -0.00297. The molecule has 0 aliphatic heterocycles. The average molecular weight is 431 g/mol. The maximum atomic E-state index is 13.8. The molecule has 0 bridgehead atoms. The molecular weight excluding hydrogens is 407 g/mol. The van der Waals surface area contributed by atoms with E-state index < -0.39 is 17.8 Å². The zero-order chi connectivity index (χ0) is 21.5. The molecule has 1 aromatic heterocycles. The zero-order valence-corrected chi connectivity index (χ0v) is 17.8. The van der Waals surface area contributed by atoms with Crippen molar-refractivity contribution >= 4 is 17.7 Å². The Morgan fingerprint density at radius 3 is 2.57 bits per heavy atom. The molecule has 0 saturated carbocycles. The molecule has 0 fully saturated rings. The number of hydrogen-bond acceptors (Lipinski definition) is 6. The summed E-state index contributed by atoms with van der Waals surface area (Å²) in [5.74, 6) is 1.74. The highest BCUT2D eigenvalue weighted by atomic mass is 32.2. The van der Waals surface area contributed by atoms with Gasteiger partial charge in [-0.2, -0.15) is 0 Å². The molecule has 0 unspecified atom stereocenters. The van der Waals surface area contributed by atoms with Crippen LogP contribution < -0.4 is 14.8 Å². The molecule has 3 rings (SSSR count). The standard InChI is InChI=1S/C21H23FN4O3S/c1-14(23-20(27)17-6-4-5-7-18(17)22)19-24-25-21(26(19)2)30-13-12-29-16-10-8-15(28-3)9-11-16/h4-11,14H,12-13H2,1-3H3,(H,23,27)/t14-/m1/s1. The van der Waals surface area contributed by atoms with E-state index in [1.54, 1.807) is 26.2 Å². The molecule has 1 heterocycles. The predicted octanol–water partition coefficient (Wildman–Crippen LogP) is 3.62. The number of halogens is 1. The van der Waals surface area contributed by atoms with E-state index in [9.17, 15) is 9.18 Å². The van der Waals surface area contributed by atoms with Gasteiger partial charge in [0.25, 0.3) is 5.91 Å². The Hall–Kier alpha value is -3.07. The van der Waals surface area contributed by atoms with Crippen LogP contribution in [0.25, 0.3) is 0 Å². The van der Waals surface area contributed by atoms with Gasteiger partial charge in [-0.05, 0) is 43.3 Å². The molecule has 7 nitrogen and oxygen atoms in total. The van der Waals surface area contributed by atoms with Crippen molar-refractivity contribution in [2.45, 2.75) is 18.1 Å². The minimum Gasteiger partial charge on any atom is -0.497 e. The second-order valence-electron chi connectivity index (χ2n) is 6.45. The fraction of sp³-hybridized carbons (Fsp3) is 0.286. The lowest BCUT2D eigenvalue weighted by Gasteiger charge is -2.14. The van der Waals surface area contributed by atoms with Crippen molar-refractivity contribution in [3.63, 3.8) is 0 Å². The molecule has 0 spiro atoms. The van der Waals surface area contributed by atoms with Gasteiger partial charge in [-0.15, -0.1) is 10.2 Å². The monoisotopic (exact) mass is 430 g/mol. The number of ether oxygens (including phenoxy) is 2. The van der Waals surface area contributed by atoms with Crippen molar-refractivity contribution in [1.82, 2.24) is 20.1 Å². The summed E-state index contributed by atoms with van der Waals surface area (Å²) in [6.07, 6.45) is 0. The third kappa shape index (κ3) is 5.29. The highest BCUT2D eigenvalue weighted by molar-refractivity contribution is 7.99. The molecule has 158 valence electrons. The first kappa shape index (κ1) is 21.6. The van der Waals surface area contributed by atoms with Crippen LogP contribution in [0.5, 0.6) is 11.5 Å². The van der Waals surface area contributed by atoms with Crippen LogP contribution in [-0.2, 0) is 7.05 Å². The molecule has 9 heteroatoms. The Morgan fingerprint density at radius 1 is 1.17 bits per heavy atom. The van der Waals surface area contributed by atoms with E-state index in [1.165, 1.54) is 23.9 Å². The fourth-order valence-electron chi connectivity index (χ4n) is 2.78. The Bertz CT molecular complexity index is 994. The summed E-state index contributed by atoms with van der Waals surface area (Å²) in [6.45, 7) is 2.28. The number of nitrogens with one attached hydrogen (secondary N) is 1. The number of carbonyl (C=O) groups excluding carboxylic acids is 1. The Labute approximate surface area is 178 Å². The molecule has 1 amide bonds. The highest BCUT2D eigenvalue weighted by Crippen LogP contribution is 2.21. The number of hydrogen-bond donors (Lipinski definition) is 1. The largest absolute Gasteiger partial charge is 0.497 e. The second-order valence-corrected chi connectivity index (χ2v) is 7.51. The molecule has 0 radical (unpaired) electrons. The number of benzene rings is 2. The maximum absolute atomic E-state index is 13.8. The van der Waals surface area contributed by atoms with Crippen LogP contribution in [-0.4, -0.2) is 40.1 Å². The van der Waals surface area contributed by atoms with Crippen LogP contribution in [0.4, 0.5) is 4.39 Å². The first-order chi connectivity index (χ1) is 14.5. The first-order valence-corrected chi connectivity index (χ1v) is 10.3. The molecular formula is C21H23FN4O3S. The van der Waals surface area contributed by atoms with E-state index in [4.69, 9.17) is 9.47 Å². The molecule has 3 aromatic rings. The van der Waals surface area contributed by atoms with Crippen LogP contribution >= 0.6 is 11.8 Å². The van der Waals surface area contributed by atoms with Crippen molar-refractivity contribution in [3.8, 4) is 11.5 Å². The number of aromatic nitrogens is 3. The van der Waals surface area contributed by atoms with Crippen LogP contribution in [0.2, 0.25) is 0 Å². The minimum atomic E-state index is -0.562. The summed E-state index contributed by atoms with van der Waals surface area (Å²) in [5, 5.41) is 11.8. The van der Waals surface area contributed by atoms with Gasteiger partial charge in [0.05, 0.1) is 25.3 Å².